The number of halogens is 3. The third kappa shape index (κ3) is 7.25. The number of aryl methyl sites for hydroxylation is 1. The van der Waals surface area contributed by atoms with Crippen molar-refractivity contribution in [1.82, 2.24) is 25.8 Å². The van der Waals surface area contributed by atoms with Crippen LogP contribution in [-0.4, -0.2) is 48.4 Å². The Hall–Kier alpha value is -4.92. The number of likely N-dealkylation sites (tertiary alicyclic amines) is 1. The number of hydrogen-bond donors (Lipinski definition) is 6. The van der Waals surface area contributed by atoms with Crippen LogP contribution in [-0.2, 0) is 12.7 Å². The van der Waals surface area contributed by atoms with Crippen LogP contribution in [0.4, 0.5) is 18.9 Å². The van der Waals surface area contributed by atoms with Crippen LogP contribution in [0, 0.1) is 24.2 Å². The Morgan fingerprint density at radius 3 is 2.73 bits per heavy atom. The zero-order valence-corrected chi connectivity index (χ0v) is 25.2. The van der Waals surface area contributed by atoms with E-state index in [1.165, 1.54) is 6.20 Å². The number of nitrogens with two attached hydrogens (primary N) is 1. The average molecular weight is 615 g/mol. The van der Waals surface area contributed by atoms with Crippen molar-refractivity contribution < 1.29 is 13.2 Å². The van der Waals surface area contributed by atoms with E-state index in [4.69, 9.17) is 11.1 Å². The molecule has 3 aliphatic rings. The van der Waals surface area contributed by atoms with Crippen molar-refractivity contribution in [3.63, 3.8) is 0 Å². The van der Waals surface area contributed by atoms with E-state index in [2.05, 4.69) is 39.7 Å². The molecule has 1 saturated heterocycles. The van der Waals surface area contributed by atoms with Gasteiger partial charge in [-0.2, -0.15) is 13.2 Å². The molecule has 0 aliphatic carbocycles. The van der Waals surface area contributed by atoms with Crippen molar-refractivity contribution in [2.24, 2.45) is 5.73 Å². The minimum absolute atomic E-state index is 0.223. The summed E-state index contributed by atoms with van der Waals surface area (Å²) in [7, 11) is 1.88. The summed E-state index contributed by atoms with van der Waals surface area (Å²) in [5.74, 6) is 6.46. The lowest BCUT2D eigenvalue weighted by molar-refractivity contribution is -0.138. The molecule has 234 valence electrons. The van der Waals surface area contributed by atoms with Gasteiger partial charge in [-0.1, -0.05) is 30.7 Å². The van der Waals surface area contributed by atoms with Crippen molar-refractivity contribution in [3.8, 4) is 11.8 Å². The molecule has 0 amide bonds. The third-order valence-corrected chi connectivity index (χ3v) is 8.07. The fourth-order valence-electron chi connectivity index (χ4n) is 5.52. The van der Waals surface area contributed by atoms with Crippen LogP contribution in [0.15, 0.2) is 90.8 Å². The average Bonchev–Trinajstić information content (AvgIpc) is 3.66. The topological polar surface area (TPSA) is 104 Å². The van der Waals surface area contributed by atoms with Gasteiger partial charge >= 0.3 is 6.18 Å². The Kier molecular flexibility index (Phi) is 9.37. The first kappa shape index (κ1) is 31.5. The first-order chi connectivity index (χ1) is 21.6. The lowest BCUT2D eigenvalue weighted by Gasteiger charge is -2.29. The van der Waals surface area contributed by atoms with Gasteiger partial charge in [0.2, 0.25) is 0 Å². The molecule has 8 nitrogen and oxygen atoms in total. The van der Waals surface area contributed by atoms with Crippen LogP contribution in [0.5, 0.6) is 0 Å². The van der Waals surface area contributed by atoms with E-state index >= 15 is 0 Å². The number of likely N-dealkylation sites (N-methyl/N-ethyl adjacent to an activating group) is 1. The standard InChI is InChI=1S/C34H37F3N8/c1-22-6-7-25(15-24(22)9-11-30-19-41-33-32(5-4-13-45(30)33)43-29(17-38)18-39)23(2)42-27-10-8-26(31(16-27)34(35,36)37)20-44-14-12-28(21-44)40-3/h4-8,10,13,15-19,28,33,38,40-43H,2,12,14,20-21,39H2,1,3H3/b29-18+,38-17?. The highest BCUT2D eigenvalue weighted by Crippen LogP contribution is 2.35. The Morgan fingerprint density at radius 2 is 2.02 bits per heavy atom. The highest BCUT2D eigenvalue weighted by molar-refractivity contribution is 5.77. The highest BCUT2D eigenvalue weighted by Gasteiger charge is 2.35. The molecule has 0 saturated carbocycles. The van der Waals surface area contributed by atoms with Gasteiger partial charge in [-0.05, 0) is 73.4 Å². The SMILES string of the molecule is C=C(Nc1ccc(CN2CCC(NC)C2)c(C(F)(F)F)c1)c1ccc(C)c(C#CC2=CNC3C(N/C(C=N)=C/N)=CC=CN23)c1. The molecule has 45 heavy (non-hydrogen) atoms. The number of rotatable bonds is 9. The fourth-order valence-corrected chi connectivity index (χ4v) is 5.52. The molecule has 1 fully saturated rings. The van der Waals surface area contributed by atoms with E-state index in [0.29, 0.717) is 28.7 Å². The van der Waals surface area contributed by atoms with Crippen LogP contribution in [0.3, 0.4) is 0 Å². The van der Waals surface area contributed by atoms with Gasteiger partial charge in [-0.15, -0.1) is 0 Å². The molecule has 2 atom stereocenters. The Bertz CT molecular complexity index is 1660. The molecular formula is C34H37F3N8. The summed E-state index contributed by atoms with van der Waals surface area (Å²) in [6.45, 7) is 7.79. The summed E-state index contributed by atoms with van der Waals surface area (Å²) in [4.78, 5) is 4.02. The van der Waals surface area contributed by atoms with Gasteiger partial charge in [-0.25, -0.2) is 0 Å². The van der Waals surface area contributed by atoms with E-state index in [-0.39, 0.29) is 18.3 Å². The monoisotopic (exact) mass is 614 g/mol. The normalized spacial score (nSPS) is 19.6. The van der Waals surface area contributed by atoms with E-state index in [0.717, 1.165) is 54.3 Å². The Morgan fingerprint density at radius 1 is 1.20 bits per heavy atom. The summed E-state index contributed by atoms with van der Waals surface area (Å²) in [6.07, 6.45) is 6.20. The molecule has 0 spiro atoms. The number of fused-ring (bicyclic) bond motifs is 1. The van der Waals surface area contributed by atoms with Gasteiger partial charge in [0.05, 0.1) is 17.0 Å². The van der Waals surface area contributed by atoms with Crippen LogP contribution < -0.4 is 27.0 Å². The predicted octanol–water partition coefficient (Wildman–Crippen LogP) is 4.76. The van der Waals surface area contributed by atoms with Gasteiger partial charge in [0.15, 0.2) is 0 Å². The van der Waals surface area contributed by atoms with Gasteiger partial charge < -0.3 is 37.3 Å². The molecule has 2 aromatic rings. The molecule has 3 heterocycles. The van der Waals surface area contributed by atoms with Crippen LogP contribution in [0.2, 0.25) is 0 Å². The molecule has 5 rings (SSSR count). The van der Waals surface area contributed by atoms with Crippen molar-refractivity contribution >= 4 is 17.6 Å². The predicted molar refractivity (Wildman–Crippen MR) is 173 cm³/mol. The molecule has 0 bridgehead atoms. The maximum absolute atomic E-state index is 14.1. The summed E-state index contributed by atoms with van der Waals surface area (Å²) in [6, 6.07) is 10.3. The van der Waals surface area contributed by atoms with E-state index in [1.807, 2.05) is 66.5 Å². The van der Waals surface area contributed by atoms with Crippen LogP contribution in [0.25, 0.3) is 5.70 Å². The summed E-state index contributed by atoms with van der Waals surface area (Å²) >= 11 is 0. The van der Waals surface area contributed by atoms with E-state index in [9.17, 15) is 13.2 Å². The van der Waals surface area contributed by atoms with Crippen LogP contribution >= 0.6 is 0 Å². The van der Waals surface area contributed by atoms with Crippen LogP contribution in [0.1, 0.15) is 34.2 Å². The lowest BCUT2D eigenvalue weighted by Crippen LogP contribution is -2.41. The number of anilines is 1. The van der Waals surface area contributed by atoms with E-state index in [1.54, 1.807) is 12.1 Å². The molecule has 0 radical (unpaired) electrons. The van der Waals surface area contributed by atoms with Gasteiger partial charge in [0.1, 0.15) is 11.9 Å². The van der Waals surface area contributed by atoms with Gasteiger partial charge in [-0.3, -0.25) is 4.90 Å². The maximum atomic E-state index is 14.1. The summed E-state index contributed by atoms with van der Waals surface area (Å²) < 4.78 is 42.3. The molecule has 2 unspecified atom stereocenters. The second-order valence-electron chi connectivity index (χ2n) is 11.1. The van der Waals surface area contributed by atoms with Crippen molar-refractivity contribution in [3.05, 3.63) is 119 Å². The summed E-state index contributed by atoms with van der Waals surface area (Å²) in [5.41, 5.74) is 10.4. The van der Waals surface area contributed by atoms with Crippen molar-refractivity contribution in [2.45, 2.75) is 38.3 Å². The largest absolute Gasteiger partial charge is 0.416 e. The Labute approximate surface area is 261 Å². The van der Waals surface area contributed by atoms with Gasteiger partial charge in [0.25, 0.3) is 0 Å². The zero-order chi connectivity index (χ0) is 32.1. The quantitative estimate of drug-likeness (QED) is 0.179. The third-order valence-electron chi connectivity index (χ3n) is 8.07. The minimum Gasteiger partial charge on any atom is -0.403 e. The Balaban J connectivity index is 1.29. The smallest absolute Gasteiger partial charge is 0.403 e. The number of nitrogens with one attached hydrogen (secondary N) is 5. The number of benzene rings is 2. The van der Waals surface area contributed by atoms with Crippen molar-refractivity contribution in [1.29, 1.82) is 5.41 Å². The maximum Gasteiger partial charge on any atom is 0.416 e. The molecule has 11 heteroatoms. The van der Waals surface area contributed by atoms with Gasteiger partial charge in [0, 0.05) is 67.4 Å². The van der Waals surface area contributed by atoms with E-state index < -0.39 is 11.7 Å². The molecular weight excluding hydrogens is 577 g/mol. The number of allylic oxidation sites excluding steroid dienone is 4. The molecule has 7 N–H and O–H groups in total. The summed E-state index contributed by atoms with van der Waals surface area (Å²) in [5, 5.41) is 20.2. The minimum atomic E-state index is -4.48. The first-order valence-corrected chi connectivity index (χ1v) is 14.6. The second kappa shape index (κ2) is 13.4. The number of alkyl halides is 3. The van der Waals surface area contributed by atoms with Crippen molar-refractivity contribution in [2.75, 3.05) is 25.5 Å². The highest BCUT2D eigenvalue weighted by atomic mass is 19.4. The molecule has 3 aliphatic heterocycles. The lowest BCUT2D eigenvalue weighted by atomic mass is 10.0. The second-order valence-corrected chi connectivity index (χ2v) is 11.1. The zero-order valence-electron chi connectivity index (χ0n) is 25.2. The first-order valence-electron chi connectivity index (χ1n) is 14.6. The molecule has 2 aromatic carbocycles. The number of nitrogens with zero attached hydrogens (tertiary/aromatic N) is 2. The fraction of sp³-hybridized carbons (Fsp3) is 0.265. The number of hydrogen-bond acceptors (Lipinski definition) is 8. The molecule has 0 aromatic heterocycles.